The van der Waals surface area contributed by atoms with Gasteiger partial charge in [0.1, 0.15) is 0 Å². The highest BCUT2D eigenvalue weighted by Crippen LogP contribution is 2.25. The van der Waals surface area contributed by atoms with Crippen LogP contribution < -0.4 is 0 Å². The minimum Gasteiger partial charge on any atom is -0.337 e. The maximum Gasteiger partial charge on any atom is 0.270 e. The maximum atomic E-state index is 12.6. The summed E-state index contributed by atoms with van der Waals surface area (Å²) in [6.07, 6.45) is 0. The van der Waals surface area contributed by atoms with Gasteiger partial charge in [-0.3, -0.25) is 14.9 Å². The molecule has 1 amide bonds. The summed E-state index contributed by atoms with van der Waals surface area (Å²) in [5, 5.41) is 10.9. The lowest BCUT2D eigenvalue weighted by atomic mass is 10.1. The Morgan fingerprint density at radius 1 is 1.43 bits per heavy atom. The van der Waals surface area contributed by atoms with Gasteiger partial charge >= 0.3 is 0 Å². The van der Waals surface area contributed by atoms with Crippen LogP contribution in [0.5, 0.6) is 0 Å². The minimum atomic E-state index is -0.470. The number of likely N-dealkylation sites (tertiary alicyclic amines) is 1. The third kappa shape index (κ3) is 3.34. The van der Waals surface area contributed by atoms with Gasteiger partial charge in [0.25, 0.3) is 11.6 Å². The Morgan fingerprint density at radius 2 is 2.10 bits per heavy atom. The lowest BCUT2D eigenvalue weighted by molar-refractivity contribution is -0.384. The number of nitro benzene ring substituents is 1. The fraction of sp³-hybridized carbons (Fsp3) is 0.500. The molecule has 0 saturated carbocycles. The van der Waals surface area contributed by atoms with Gasteiger partial charge in [0.2, 0.25) is 0 Å². The SMILES string of the molecule is CC1CN(C(=O)c2cc([N+](=O)[O-])ccc2I)CC1N(C)C. The number of nitro groups is 1. The first-order chi connectivity index (χ1) is 9.81. The van der Waals surface area contributed by atoms with Gasteiger partial charge in [-0.15, -0.1) is 0 Å². The van der Waals surface area contributed by atoms with Crippen LogP contribution in [0.15, 0.2) is 18.2 Å². The second-order valence-corrected chi connectivity index (χ2v) is 6.80. The second kappa shape index (κ2) is 6.27. The normalized spacial score (nSPS) is 21.9. The molecule has 1 saturated heterocycles. The quantitative estimate of drug-likeness (QED) is 0.441. The molecular weight excluding hydrogens is 385 g/mol. The summed E-state index contributed by atoms with van der Waals surface area (Å²) >= 11 is 2.05. The lowest BCUT2D eigenvalue weighted by Crippen LogP contribution is -2.36. The van der Waals surface area contributed by atoms with E-state index >= 15 is 0 Å². The van der Waals surface area contributed by atoms with Crippen LogP contribution in [0, 0.1) is 19.6 Å². The highest BCUT2D eigenvalue weighted by atomic mass is 127. The Balaban J connectivity index is 2.25. The number of rotatable bonds is 3. The monoisotopic (exact) mass is 403 g/mol. The molecule has 1 aromatic carbocycles. The van der Waals surface area contributed by atoms with Crippen LogP contribution in [0.25, 0.3) is 0 Å². The molecule has 2 rings (SSSR count). The summed E-state index contributed by atoms with van der Waals surface area (Å²) < 4.78 is 0.740. The van der Waals surface area contributed by atoms with Crippen LogP contribution in [-0.2, 0) is 0 Å². The zero-order valence-electron chi connectivity index (χ0n) is 12.2. The molecule has 6 nitrogen and oxygen atoms in total. The molecule has 0 radical (unpaired) electrons. The number of hydrogen-bond acceptors (Lipinski definition) is 4. The standard InChI is InChI=1S/C14H18IN3O3/c1-9-7-17(8-13(9)16(2)3)14(19)11-6-10(18(20)21)4-5-12(11)15/h4-6,9,13H,7-8H2,1-3H3. The molecule has 2 unspecified atom stereocenters. The van der Waals surface area contributed by atoms with Crippen LogP contribution in [0.2, 0.25) is 0 Å². The van der Waals surface area contributed by atoms with Crippen molar-refractivity contribution in [1.82, 2.24) is 9.80 Å². The van der Waals surface area contributed by atoms with Crippen molar-refractivity contribution in [2.75, 3.05) is 27.2 Å². The highest BCUT2D eigenvalue weighted by Gasteiger charge is 2.34. The van der Waals surface area contributed by atoms with Gasteiger partial charge in [-0.25, -0.2) is 0 Å². The summed E-state index contributed by atoms with van der Waals surface area (Å²) in [5.41, 5.74) is 0.367. The Labute approximate surface area is 137 Å². The third-order valence-corrected chi connectivity index (χ3v) is 4.86. The molecule has 1 aliphatic rings. The van der Waals surface area contributed by atoms with Gasteiger partial charge in [0, 0.05) is 34.8 Å². The van der Waals surface area contributed by atoms with Crippen molar-refractivity contribution >= 4 is 34.2 Å². The summed E-state index contributed by atoms with van der Waals surface area (Å²) in [5.74, 6) is 0.264. The first-order valence-electron chi connectivity index (χ1n) is 6.71. The Kier molecular flexibility index (Phi) is 4.82. The van der Waals surface area contributed by atoms with Crippen LogP contribution in [0.4, 0.5) is 5.69 Å². The van der Waals surface area contributed by atoms with Crippen molar-refractivity contribution in [2.45, 2.75) is 13.0 Å². The van der Waals surface area contributed by atoms with E-state index in [2.05, 4.69) is 11.8 Å². The van der Waals surface area contributed by atoms with Gasteiger partial charge in [0.05, 0.1) is 10.5 Å². The van der Waals surface area contributed by atoms with E-state index in [1.807, 2.05) is 36.7 Å². The van der Waals surface area contributed by atoms with Gasteiger partial charge in [-0.2, -0.15) is 0 Å². The van der Waals surface area contributed by atoms with Crippen molar-refractivity contribution < 1.29 is 9.72 Å². The summed E-state index contributed by atoms with van der Waals surface area (Å²) in [7, 11) is 4.01. The molecule has 0 bridgehead atoms. The minimum absolute atomic E-state index is 0.0461. The first kappa shape index (κ1) is 16.2. The van der Waals surface area contributed by atoms with E-state index in [1.165, 1.54) is 12.1 Å². The Morgan fingerprint density at radius 3 is 2.62 bits per heavy atom. The fourth-order valence-electron chi connectivity index (χ4n) is 2.75. The predicted octanol–water partition coefficient (Wildman–Crippen LogP) is 2.22. The number of carbonyl (C=O) groups excluding carboxylic acids is 1. The molecule has 1 aliphatic heterocycles. The van der Waals surface area contributed by atoms with E-state index in [0.717, 1.165) is 3.57 Å². The summed E-state index contributed by atoms with van der Waals surface area (Å²) in [6.45, 7) is 3.46. The molecule has 0 aromatic heterocycles. The van der Waals surface area contributed by atoms with Crippen LogP contribution in [-0.4, -0.2) is 53.9 Å². The number of carbonyl (C=O) groups is 1. The molecule has 0 N–H and O–H groups in total. The number of halogens is 1. The van der Waals surface area contributed by atoms with E-state index in [-0.39, 0.29) is 11.6 Å². The molecule has 114 valence electrons. The van der Waals surface area contributed by atoms with Crippen LogP contribution in [0.1, 0.15) is 17.3 Å². The molecule has 1 heterocycles. The number of non-ortho nitro benzene ring substituents is 1. The average molecular weight is 403 g/mol. The number of nitrogens with zero attached hydrogens (tertiary/aromatic N) is 3. The van der Waals surface area contributed by atoms with Gasteiger partial charge in [0.15, 0.2) is 0 Å². The molecule has 7 heteroatoms. The maximum absolute atomic E-state index is 12.6. The predicted molar refractivity (Wildman–Crippen MR) is 88.4 cm³/mol. The average Bonchev–Trinajstić information content (AvgIpc) is 2.80. The first-order valence-corrected chi connectivity index (χ1v) is 7.78. The molecular formula is C14H18IN3O3. The molecule has 1 aromatic rings. The molecule has 0 aliphatic carbocycles. The fourth-order valence-corrected chi connectivity index (χ4v) is 3.31. The number of amides is 1. The van der Waals surface area contributed by atoms with Gasteiger partial charge in [-0.05, 0) is 48.7 Å². The number of likely N-dealkylation sites (N-methyl/N-ethyl adjacent to an activating group) is 1. The lowest BCUT2D eigenvalue weighted by Gasteiger charge is -2.22. The smallest absolute Gasteiger partial charge is 0.270 e. The van der Waals surface area contributed by atoms with E-state index in [1.54, 1.807) is 11.0 Å². The van der Waals surface area contributed by atoms with Crippen molar-refractivity contribution in [1.29, 1.82) is 0 Å². The van der Waals surface area contributed by atoms with Crippen LogP contribution in [0.3, 0.4) is 0 Å². The van der Waals surface area contributed by atoms with E-state index in [0.29, 0.717) is 30.6 Å². The molecule has 0 spiro atoms. The Bertz CT molecular complexity index is 577. The second-order valence-electron chi connectivity index (χ2n) is 5.64. The summed E-state index contributed by atoms with van der Waals surface area (Å²) in [4.78, 5) is 26.9. The number of hydrogen-bond donors (Lipinski definition) is 0. The Hall–Kier alpha value is -1.22. The van der Waals surface area contributed by atoms with E-state index in [4.69, 9.17) is 0 Å². The largest absolute Gasteiger partial charge is 0.337 e. The zero-order chi connectivity index (χ0) is 15.7. The summed E-state index contributed by atoms with van der Waals surface area (Å²) in [6, 6.07) is 4.74. The zero-order valence-corrected chi connectivity index (χ0v) is 14.4. The van der Waals surface area contributed by atoms with Crippen molar-refractivity contribution in [3.63, 3.8) is 0 Å². The molecule has 2 atom stereocenters. The van der Waals surface area contributed by atoms with Crippen LogP contribution >= 0.6 is 22.6 Å². The van der Waals surface area contributed by atoms with Gasteiger partial charge in [-0.1, -0.05) is 6.92 Å². The number of benzene rings is 1. The molecule has 21 heavy (non-hydrogen) atoms. The van der Waals surface area contributed by atoms with Crippen molar-refractivity contribution in [3.05, 3.63) is 37.4 Å². The topological polar surface area (TPSA) is 66.7 Å². The third-order valence-electron chi connectivity index (χ3n) is 3.91. The van der Waals surface area contributed by atoms with E-state index in [9.17, 15) is 14.9 Å². The molecule has 1 fully saturated rings. The van der Waals surface area contributed by atoms with Crippen molar-refractivity contribution in [2.24, 2.45) is 5.92 Å². The van der Waals surface area contributed by atoms with Gasteiger partial charge < -0.3 is 9.80 Å². The highest BCUT2D eigenvalue weighted by molar-refractivity contribution is 14.1. The van der Waals surface area contributed by atoms with Crippen molar-refractivity contribution in [3.8, 4) is 0 Å². The van der Waals surface area contributed by atoms with E-state index < -0.39 is 4.92 Å².